The van der Waals surface area contributed by atoms with Crippen LogP contribution in [0.4, 0.5) is 5.69 Å². The summed E-state index contributed by atoms with van der Waals surface area (Å²) >= 11 is 0. The van der Waals surface area contributed by atoms with E-state index in [2.05, 4.69) is 17.4 Å². The van der Waals surface area contributed by atoms with Gasteiger partial charge in [0.1, 0.15) is 0 Å². The van der Waals surface area contributed by atoms with Crippen molar-refractivity contribution in [3.63, 3.8) is 0 Å². The number of benzene rings is 3. The van der Waals surface area contributed by atoms with Crippen molar-refractivity contribution in [1.82, 2.24) is 0 Å². The number of rotatable bonds is 2. The van der Waals surface area contributed by atoms with Gasteiger partial charge in [-0.2, -0.15) is 0 Å². The van der Waals surface area contributed by atoms with E-state index in [1.54, 1.807) is 12.1 Å². The van der Waals surface area contributed by atoms with Crippen LogP contribution >= 0.6 is 0 Å². The molecule has 0 radical (unpaired) electrons. The largest absolute Gasteiger partial charge is 0.448 e. The minimum Gasteiger partial charge on any atom is -0.448 e. The van der Waals surface area contributed by atoms with E-state index >= 15 is 0 Å². The zero-order valence-corrected chi connectivity index (χ0v) is 14.6. The van der Waals surface area contributed by atoms with Crippen LogP contribution in [0.25, 0.3) is 11.1 Å². The smallest absolute Gasteiger partial charge is 0.339 e. The molecule has 0 fully saturated rings. The highest BCUT2D eigenvalue weighted by molar-refractivity contribution is 6.00. The lowest BCUT2D eigenvalue weighted by Crippen LogP contribution is -2.37. The van der Waals surface area contributed by atoms with Crippen molar-refractivity contribution < 1.29 is 14.3 Å². The maximum atomic E-state index is 12.7. The van der Waals surface area contributed by atoms with Gasteiger partial charge in [-0.15, -0.1) is 0 Å². The molecule has 1 aliphatic heterocycles. The van der Waals surface area contributed by atoms with Crippen molar-refractivity contribution in [2.45, 2.75) is 18.9 Å². The number of hydrogen-bond donors (Lipinski definition) is 1. The Labute approximate surface area is 156 Å². The fourth-order valence-corrected chi connectivity index (χ4v) is 3.92. The minimum absolute atomic E-state index is 0.298. The van der Waals surface area contributed by atoms with E-state index in [0.717, 1.165) is 17.7 Å². The van der Waals surface area contributed by atoms with Gasteiger partial charge < -0.3 is 10.1 Å². The van der Waals surface area contributed by atoms with Gasteiger partial charge in [-0.05, 0) is 52.4 Å². The first-order valence-corrected chi connectivity index (χ1v) is 9.00. The van der Waals surface area contributed by atoms with E-state index in [4.69, 9.17) is 4.74 Å². The minimum atomic E-state index is -0.808. The van der Waals surface area contributed by atoms with E-state index in [0.29, 0.717) is 12.0 Å². The monoisotopic (exact) mass is 355 g/mol. The average Bonchev–Trinajstić information content (AvgIpc) is 3.05. The van der Waals surface area contributed by atoms with Gasteiger partial charge >= 0.3 is 5.97 Å². The molecule has 132 valence electrons. The summed E-state index contributed by atoms with van der Waals surface area (Å²) in [6.07, 6.45) is 0.448. The molecule has 0 saturated carbocycles. The van der Waals surface area contributed by atoms with Crippen LogP contribution in [0.15, 0.2) is 66.7 Å². The maximum absolute atomic E-state index is 12.7. The van der Waals surface area contributed by atoms with Crippen molar-refractivity contribution in [1.29, 1.82) is 0 Å². The molecule has 3 aromatic carbocycles. The van der Waals surface area contributed by atoms with E-state index < -0.39 is 12.1 Å². The van der Waals surface area contributed by atoms with Crippen LogP contribution in [0.2, 0.25) is 0 Å². The summed E-state index contributed by atoms with van der Waals surface area (Å²) in [5.74, 6) is -0.741. The molecule has 0 bridgehead atoms. The number of cyclic esters (lactones) is 1. The summed E-state index contributed by atoms with van der Waals surface area (Å²) in [5, 5.41) is 2.90. The molecule has 0 aromatic heterocycles. The average molecular weight is 355 g/mol. The highest BCUT2D eigenvalue weighted by Gasteiger charge is 2.31. The number of hydrogen-bond acceptors (Lipinski definition) is 3. The fraction of sp³-hybridized carbons (Fsp3) is 0.130. The number of nitrogens with one attached hydrogen (secondary N) is 1. The zero-order chi connectivity index (χ0) is 18.4. The first-order chi connectivity index (χ1) is 13.2. The second-order valence-corrected chi connectivity index (χ2v) is 6.95. The normalized spacial score (nSPS) is 16.7. The number of fused-ring (bicyclic) bond motifs is 4. The van der Waals surface area contributed by atoms with E-state index in [-0.39, 0.29) is 5.91 Å². The lowest BCUT2D eigenvalue weighted by Gasteiger charge is -2.23. The van der Waals surface area contributed by atoms with Gasteiger partial charge in [0.15, 0.2) is 6.10 Å². The second-order valence-electron chi connectivity index (χ2n) is 6.95. The van der Waals surface area contributed by atoms with Crippen LogP contribution in [0.3, 0.4) is 0 Å². The summed E-state index contributed by atoms with van der Waals surface area (Å²) in [6.45, 7) is 0. The predicted octanol–water partition coefficient (Wildman–Crippen LogP) is 3.98. The van der Waals surface area contributed by atoms with Gasteiger partial charge in [0, 0.05) is 12.1 Å². The van der Waals surface area contributed by atoms with Crippen LogP contribution < -0.4 is 5.32 Å². The molecule has 1 N–H and O–H groups in total. The molecule has 0 spiro atoms. The Morgan fingerprint density at radius 3 is 2.41 bits per heavy atom. The number of carbonyl (C=O) groups is 2. The van der Waals surface area contributed by atoms with Crippen molar-refractivity contribution in [2.75, 3.05) is 5.32 Å². The van der Waals surface area contributed by atoms with Crippen LogP contribution in [-0.2, 0) is 22.4 Å². The third kappa shape index (κ3) is 2.70. The summed E-state index contributed by atoms with van der Waals surface area (Å²) < 4.78 is 5.34. The molecule has 1 aliphatic carbocycles. The van der Waals surface area contributed by atoms with E-state index in [1.807, 2.05) is 42.5 Å². The zero-order valence-electron chi connectivity index (χ0n) is 14.6. The van der Waals surface area contributed by atoms with E-state index in [1.165, 1.54) is 22.3 Å². The van der Waals surface area contributed by atoms with Crippen molar-refractivity contribution in [3.8, 4) is 11.1 Å². The van der Waals surface area contributed by atoms with Gasteiger partial charge in [-0.3, -0.25) is 4.79 Å². The number of esters is 1. The molecular formula is C23H17NO3. The maximum Gasteiger partial charge on any atom is 0.339 e. The number of anilines is 1. The van der Waals surface area contributed by atoms with Gasteiger partial charge in [0.05, 0.1) is 5.56 Å². The van der Waals surface area contributed by atoms with Crippen LogP contribution in [0.5, 0.6) is 0 Å². The summed E-state index contributed by atoms with van der Waals surface area (Å²) in [5.41, 5.74) is 7.07. The fourth-order valence-electron chi connectivity index (χ4n) is 3.92. The summed E-state index contributed by atoms with van der Waals surface area (Å²) in [7, 11) is 0. The molecule has 1 amide bonds. The van der Waals surface area contributed by atoms with Gasteiger partial charge in [-0.1, -0.05) is 48.5 Å². The Kier molecular flexibility index (Phi) is 3.57. The molecule has 3 aromatic rings. The van der Waals surface area contributed by atoms with Crippen LogP contribution in [0.1, 0.15) is 27.0 Å². The molecule has 0 saturated heterocycles. The SMILES string of the molecule is O=C1O[C@H](C(=O)Nc2ccc3c(c2)Cc2ccccc2-3)Cc2ccccc21. The lowest BCUT2D eigenvalue weighted by atomic mass is 9.98. The van der Waals surface area contributed by atoms with Crippen molar-refractivity contribution in [3.05, 3.63) is 89.0 Å². The summed E-state index contributed by atoms with van der Waals surface area (Å²) in [6, 6.07) is 21.5. The van der Waals surface area contributed by atoms with Gasteiger partial charge in [0.2, 0.25) is 0 Å². The Morgan fingerprint density at radius 2 is 1.56 bits per heavy atom. The Bertz CT molecular complexity index is 1090. The third-order valence-electron chi connectivity index (χ3n) is 5.25. The number of ether oxygens (including phenoxy) is 1. The quantitative estimate of drug-likeness (QED) is 0.554. The molecule has 4 heteroatoms. The predicted molar refractivity (Wildman–Crippen MR) is 103 cm³/mol. The summed E-state index contributed by atoms with van der Waals surface area (Å²) in [4.78, 5) is 24.8. The third-order valence-corrected chi connectivity index (χ3v) is 5.25. The van der Waals surface area contributed by atoms with Crippen molar-refractivity contribution >= 4 is 17.6 Å². The molecule has 0 unspecified atom stereocenters. The first-order valence-electron chi connectivity index (χ1n) is 9.00. The molecule has 2 aliphatic rings. The standard InChI is InChI=1S/C23H17NO3/c25-22(21-13-15-6-2-4-8-20(15)23(26)27-21)24-17-9-10-19-16(12-17)11-14-5-1-3-7-18(14)19/h1-10,12,21H,11,13H2,(H,24,25)/t21-/m0/s1. The second kappa shape index (κ2) is 6.09. The first kappa shape index (κ1) is 15.8. The number of carbonyl (C=O) groups excluding carboxylic acids is 2. The molecule has 1 heterocycles. The molecule has 1 atom stereocenters. The van der Waals surface area contributed by atoms with Crippen molar-refractivity contribution in [2.24, 2.45) is 0 Å². The Hall–Kier alpha value is -3.40. The Morgan fingerprint density at radius 1 is 0.852 bits per heavy atom. The van der Waals surface area contributed by atoms with Crippen LogP contribution in [-0.4, -0.2) is 18.0 Å². The lowest BCUT2D eigenvalue weighted by molar-refractivity contribution is -0.125. The molecule has 4 nitrogen and oxygen atoms in total. The Balaban J connectivity index is 1.35. The molecular weight excluding hydrogens is 338 g/mol. The van der Waals surface area contributed by atoms with E-state index in [9.17, 15) is 9.59 Å². The molecule has 27 heavy (non-hydrogen) atoms. The van der Waals surface area contributed by atoms with Gasteiger partial charge in [-0.25, -0.2) is 4.79 Å². The number of amides is 1. The highest BCUT2D eigenvalue weighted by Crippen LogP contribution is 2.37. The van der Waals surface area contributed by atoms with Crippen LogP contribution in [0, 0.1) is 0 Å². The molecule has 5 rings (SSSR count). The topological polar surface area (TPSA) is 55.4 Å². The highest BCUT2D eigenvalue weighted by atomic mass is 16.5. The van der Waals surface area contributed by atoms with Gasteiger partial charge in [0.25, 0.3) is 5.91 Å².